The van der Waals surface area contributed by atoms with Crippen LogP contribution in [0.4, 0.5) is 0 Å². The fraction of sp³-hybridized carbons (Fsp3) is 0.727. The predicted molar refractivity (Wildman–Crippen MR) is 106 cm³/mol. The van der Waals surface area contributed by atoms with Crippen LogP contribution in [0.25, 0.3) is 0 Å². The largest absolute Gasteiger partial charge is 0.243 e. The molecule has 3 fully saturated rings. The molecule has 2 bridgehead atoms. The average Bonchev–Trinajstić information content (AvgIpc) is 2.85. The monoisotopic (exact) mass is 375 g/mol. The van der Waals surface area contributed by atoms with Crippen LogP contribution in [0.3, 0.4) is 0 Å². The van der Waals surface area contributed by atoms with Crippen LogP contribution in [-0.4, -0.2) is 25.3 Å². The van der Waals surface area contributed by atoms with Crippen molar-refractivity contribution in [2.24, 2.45) is 10.8 Å². The first kappa shape index (κ1) is 18.5. The highest BCUT2D eigenvalue weighted by Crippen LogP contribution is 2.53. The minimum absolute atomic E-state index is 0.127. The molecule has 0 aromatic heterocycles. The Morgan fingerprint density at radius 2 is 1.62 bits per heavy atom. The molecule has 2 saturated carbocycles. The molecule has 2 aliphatic carbocycles. The van der Waals surface area contributed by atoms with Crippen molar-refractivity contribution in [1.29, 1.82) is 0 Å². The lowest BCUT2D eigenvalue weighted by Gasteiger charge is -2.39. The summed E-state index contributed by atoms with van der Waals surface area (Å²) >= 11 is 0. The van der Waals surface area contributed by atoms with Gasteiger partial charge >= 0.3 is 0 Å². The van der Waals surface area contributed by atoms with Gasteiger partial charge in [0.2, 0.25) is 10.0 Å². The minimum atomic E-state index is -3.40. The maximum absolute atomic E-state index is 13.3. The lowest BCUT2D eigenvalue weighted by atomic mass is 9.65. The van der Waals surface area contributed by atoms with Crippen LogP contribution >= 0.6 is 0 Å². The molecule has 1 heterocycles. The van der Waals surface area contributed by atoms with Crippen molar-refractivity contribution >= 4 is 10.0 Å². The van der Waals surface area contributed by atoms with E-state index in [1.54, 1.807) is 0 Å². The molecule has 1 aromatic carbocycles. The second kappa shape index (κ2) is 6.34. The first-order chi connectivity index (χ1) is 12.2. The van der Waals surface area contributed by atoms with Gasteiger partial charge in [0.25, 0.3) is 0 Å². The third-order valence-corrected chi connectivity index (χ3v) is 8.84. The summed E-state index contributed by atoms with van der Waals surface area (Å²) < 4.78 is 28.5. The minimum Gasteiger partial charge on any atom is -0.207 e. The highest BCUT2D eigenvalue weighted by molar-refractivity contribution is 7.89. The summed E-state index contributed by atoms with van der Waals surface area (Å²) in [7, 11) is -3.40. The maximum atomic E-state index is 13.3. The summed E-state index contributed by atoms with van der Waals surface area (Å²) in [5, 5.41) is 0. The fourth-order valence-corrected chi connectivity index (χ4v) is 7.95. The second-order valence-electron chi connectivity index (χ2n) is 10.2. The molecule has 4 rings (SSSR count). The predicted octanol–water partition coefficient (Wildman–Crippen LogP) is 5.32. The van der Waals surface area contributed by atoms with Crippen LogP contribution in [0.15, 0.2) is 29.2 Å². The van der Waals surface area contributed by atoms with Crippen LogP contribution in [0.1, 0.15) is 83.6 Å². The Labute approximate surface area is 159 Å². The third kappa shape index (κ3) is 3.35. The summed E-state index contributed by atoms with van der Waals surface area (Å²) in [6.07, 6.45) is 9.53. The van der Waals surface area contributed by atoms with E-state index in [-0.39, 0.29) is 16.9 Å². The molecular weight excluding hydrogens is 342 g/mol. The van der Waals surface area contributed by atoms with Crippen molar-refractivity contribution in [2.75, 3.05) is 6.54 Å². The van der Waals surface area contributed by atoms with Gasteiger partial charge in [-0.3, -0.25) is 0 Å². The van der Waals surface area contributed by atoms with Gasteiger partial charge < -0.3 is 0 Å². The third-order valence-electron chi connectivity index (χ3n) is 6.93. The van der Waals surface area contributed by atoms with Gasteiger partial charge in [-0.15, -0.1) is 0 Å². The topological polar surface area (TPSA) is 37.4 Å². The number of hydrogen-bond donors (Lipinski definition) is 0. The Morgan fingerprint density at radius 1 is 0.962 bits per heavy atom. The van der Waals surface area contributed by atoms with Gasteiger partial charge in [0.15, 0.2) is 0 Å². The maximum Gasteiger partial charge on any atom is 0.243 e. The summed E-state index contributed by atoms with van der Waals surface area (Å²) in [6, 6.07) is 8.00. The molecule has 2 atom stereocenters. The molecule has 3 nitrogen and oxygen atoms in total. The summed E-state index contributed by atoms with van der Waals surface area (Å²) in [6.45, 7) is 7.51. The smallest absolute Gasteiger partial charge is 0.207 e. The number of sulfonamides is 1. The average molecular weight is 376 g/mol. The highest BCUT2D eigenvalue weighted by Gasteiger charge is 2.53. The van der Waals surface area contributed by atoms with Crippen molar-refractivity contribution in [2.45, 2.75) is 89.0 Å². The molecular formula is C22H33NO2S. The first-order valence-electron chi connectivity index (χ1n) is 10.3. The molecule has 26 heavy (non-hydrogen) atoms. The van der Waals surface area contributed by atoms with Crippen molar-refractivity contribution in [3.8, 4) is 0 Å². The molecule has 1 saturated heterocycles. The van der Waals surface area contributed by atoms with Gasteiger partial charge in [-0.1, -0.05) is 52.2 Å². The summed E-state index contributed by atoms with van der Waals surface area (Å²) in [4.78, 5) is 0.478. The molecule has 144 valence electrons. The van der Waals surface area contributed by atoms with Crippen molar-refractivity contribution in [3.05, 3.63) is 29.8 Å². The molecule has 1 aromatic rings. The van der Waals surface area contributed by atoms with Gasteiger partial charge in [-0.2, -0.15) is 4.31 Å². The SMILES string of the molecule is CC1(C)CC2CC(C)(CN2S(=O)(=O)c2ccc(C3CCCCC3)cc2)C1. The number of benzene rings is 1. The van der Waals surface area contributed by atoms with Gasteiger partial charge in [0, 0.05) is 12.6 Å². The van der Waals surface area contributed by atoms with Crippen LogP contribution in [0, 0.1) is 10.8 Å². The second-order valence-corrected chi connectivity index (χ2v) is 12.1. The Bertz CT molecular complexity index is 762. The van der Waals surface area contributed by atoms with Crippen LogP contribution in [-0.2, 0) is 10.0 Å². The van der Waals surface area contributed by atoms with E-state index in [2.05, 4.69) is 32.9 Å². The van der Waals surface area contributed by atoms with Gasteiger partial charge in [0.1, 0.15) is 0 Å². The fourth-order valence-electron chi connectivity index (χ4n) is 6.17. The molecule has 1 aliphatic heterocycles. The summed E-state index contributed by atoms with van der Waals surface area (Å²) in [5.41, 5.74) is 1.67. The lowest BCUT2D eigenvalue weighted by molar-refractivity contribution is 0.133. The lowest BCUT2D eigenvalue weighted by Crippen LogP contribution is -2.37. The first-order valence-corrected chi connectivity index (χ1v) is 11.7. The van der Waals surface area contributed by atoms with E-state index in [1.165, 1.54) is 37.7 Å². The van der Waals surface area contributed by atoms with Crippen LogP contribution in [0.5, 0.6) is 0 Å². The van der Waals surface area contributed by atoms with E-state index in [0.717, 1.165) is 19.3 Å². The van der Waals surface area contributed by atoms with Crippen molar-refractivity contribution in [3.63, 3.8) is 0 Å². The number of nitrogens with zero attached hydrogens (tertiary/aromatic N) is 1. The molecule has 2 unspecified atom stereocenters. The normalized spacial score (nSPS) is 32.7. The van der Waals surface area contributed by atoms with Crippen LogP contribution < -0.4 is 0 Å². The molecule has 0 N–H and O–H groups in total. The Hall–Kier alpha value is -0.870. The van der Waals surface area contributed by atoms with E-state index < -0.39 is 10.0 Å². The zero-order valence-electron chi connectivity index (χ0n) is 16.5. The Kier molecular flexibility index (Phi) is 4.51. The number of hydrogen-bond acceptors (Lipinski definition) is 2. The quantitative estimate of drug-likeness (QED) is 0.716. The number of fused-ring (bicyclic) bond motifs is 2. The van der Waals surface area contributed by atoms with E-state index in [1.807, 2.05) is 16.4 Å². The van der Waals surface area contributed by atoms with Gasteiger partial charge in [-0.25, -0.2) is 8.42 Å². The zero-order chi connectivity index (χ0) is 18.6. The molecule has 4 heteroatoms. The molecule has 3 aliphatic rings. The Balaban J connectivity index is 1.57. The van der Waals surface area contributed by atoms with E-state index >= 15 is 0 Å². The highest BCUT2D eigenvalue weighted by atomic mass is 32.2. The van der Waals surface area contributed by atoms with Crippen LogP contribution in [0.2, 0.25) is 0 Å². The standard InChI is InChI=1S/C22H33NO2S/c1-21(2)13-19-14-22(3,15-21)16-23(19)26(24,25)20-11-9-18(10-12-20)17-7-5-4-6-8-17/h9-12,17,19H,4-8,13-16H2,1-3H3. The van der Waals surface area contributed by atoms with Gasteiger partial charge in [-0.05, 0) is 66.5 Å². The van der Waals surface area contributed by atoms with E-state index in [4.69, 9.17) is 0 Å². The van der Waals surface area contributed by atoms with Crippen molar-refractivity contribution in [1.82, 2.24) is 4.31 Å². The summed E-state index contributed by atoms with van der Waals surface area (Å²) in [5.74, 6) is 0.617. The van der Waals surface area contributed by atoms with E-state index in [0.29, 0.717) is 17.4 Å². The molecule has 0 spiro atoms. The molecule has 0 radical (unpaired) electrons. The van der Waals surface area contributed by atoms with E-state index in [9.17, 15) is 8.42 Å². The van der Waals surface area contributed by atoms with Gasteiger partial charge in [0.05, 0.1) is 4.90 Å². The Morgan fingerprint density at radius 3 is 2.27 bits per heavy atom. The number of rotatable bonds is 3. The zero-order valence-corrected chi connectivity index (χ0v) is 17.3. The van der Waals surface area contributed by atoms with Crippen molar-refractivity contribution < 1.29 is 8.42 Å². The molecule has 0 amide bonds.